The van der Waals surface area contributed by atoms with Gasteiger partial charge in [-0.1, -0.05) is 77.9 Å². The first-order chi connectivity index (χ1) is 28.8. The van der Waals surface area contributed by atoms with E-state index in [0.29, 0.717) is 11.1 Å². The standard InChI is InChI=1S/C51H62N6O2S/c1-10-49(11-2)42-27-25-40(52-42)48(7,34-19-16-20-35(33-34)56-60(58,59)39-24-18-21-36-37(39)22-17-23-38(36)57(8)9)41-26-28-43(53-41)50(12-3,13-4)45-30-32-47(55-45)51(14-5,15-6)46-31-29-44(49)54-46/h16-33,52-56H,10-15H2,1-9H3. The van der Waals surface area contributed by atoms with Gasteiger partial charge in [-0.15, -0.1) is 0 Å². The maximum Gasteiger partial charge on any atom is 0.262 e. The highest BCUT2D eigenvalue weighted by molar-refractivity contribution is 7.93. The Labute approximate surface area is 356 Å². The summed E-state index contributed by atoms with van der Waals surface area (Å²) in [4.78, 5) is 18.3. The molecule has 1 aliphatic rings. The molecule has 8 bridgehead atoms. The number of hydrogen-bond acceptors (Lipinski definition) is 3. The van der Waals surface area contributed by atoms with Crippen molar-refractivity contribution in [3.63, 3.8) is 0 Å². The van der Waals surface area contributed by atoms with E-state index in [0.717, 1.165) is 77.9 Å². The molecule has 0 saturated carbocycles. The fourth-order valence-electron chi connectivity index (χ4n) is 10.8. The second kappa shape index (κ2) is 15.2. The summed E-state index contributed by atoms with van der Waals surface area (Å²) < 4.78 is 31.7. The molecule has 5 N–H and O–H groups in total. The number of sulfonamides is 1. The van der Waals surface area contributed by atoms with Crippen molar-refractivity contribution < 1.29 is 8.42 Å². The van der Waals surface area contributed by atoms with E-state index in [9.17, 15) is 8.42 Å². The lowest BCUT2D eigenvalue weighted by Gasteiger charge is -2.35. The predicted octanol–water partition coefficient (Wildman–Crippen LogP) is 12.0. The van der Waals surface area contributed by atoms with Crippen LogP contribution in [0.5, 0.6) is 0 Å². The van der Waals surface area contributed by atoms with Crippen molar-refractivity contribution in [2.24, 2.45) is 0 Å². The van der Waals surface area contributed by atoms with Crippen molar-refractivity contribution in [1.29, 1.82) is 0 Å². The zero-order chi connectivity index (χ0) is 42.7. The van der Waals surface area contributed by atoms with Gasteiger partial charge in [0.15, 0.2) is 0 Å². The average molecular weight is 823 g/mol. The summed E-state index contributed by atoms with van der Waals surface area (Å²) in [6.45, 7) is 16.0. The van der Waals surface area contributed by atoms with Crippen LogP contribution < -0.4 is 9.62 Å². The lowest BCUT2D eigenvalue weighted by atomic mass is 9.75. The zero-order valence-corrected chi connectivity index (χ0v) is 37.6. The summed E-state index contributed by atoms with van der Waals surface area (Å²) in [6.07, 6.45) is 5.55. The third-order valence-corrected chi connectivity index (χ3v) is 16.3. The van der Waals surface area contributed by atoms with Gasteiger partial charge in [-0.2, -0.15) is 0 Å². The highest BCUT2D eigenvalue weighted by Crippen LogP contribution is 2.48. The van der Waals surface area contributed by atoms with Crippen LogP contribution in [0, 0.1) is 0 Å². The van der Waals surface area contributed by atoms with Crippen LogP contribution >= 0.6 is 0 Å². The van der Waals surface area contributed by atoms with Crippen molar-refractivity contribution >= 4 is 32.2 Å². The molecule has 4 aromatic heterocycles. The minimum Gasteiger partial charge on any atom is -0.377 e. The first-order valence-electron chi connectivity index (χ1n) is 21.9. The van der Waals surface area contributed by atoms with Crippen LogP contribution in [0.1, 0.15) is 138 Å². The number of H-pyrrole nitrogens is 4. The molecule has 0 spiro atoms. The van der Waals surface area contributed by atoms with Crippen molar-refractivity contribution in [2.75, 3.05) is 23.7 Å². The third kappa shape index (κ3) is 6.09. The molecule has 0 fully saturated rings. The summed E-state index contributed by atoms with van der Waals surface area (Å²) in [6, 6.07) is 37.5. The van der Waals surface area contributed by atoms with Crippen molar-refractivity contribution in [2.45, 2.75) is 114 Å². The van der Waals surface area contributed by atoms with Gasteiger partial charge in [0.05, 0.1) is 10.3 Å². The van der Waals surface area contributed by atoms with Gasteiger partial charge in [0.2, 0.25) is 0 Å². The number of hydrogen-bond donors (Lipinski definition) is 5. The van der Waals surface area contributed by atoms with Crippen LogP contribution in [0.15, 0.2) is 114 Å². The molecule has 60 heavy (non-hydrogen) atoms. The summed E-state index contributed by atoms with van der Waals surface area (Å²) in [5.74, 6) is 0. The lowest BCUT2D eigenvalue weighted by Crippen LogP contribution is -2.32. The minimum atomic E-state index is -3.97. The molecule has 8 nitrogen and oxygen atoms in total. The van der Waals surface area contributed by atoms with E-state index in [-0.39, 0.29) is 21.1 Å². The molecule has 0 unspecified atom stereocenters. The Morgan fingerprint density at radius 2 is 0.883 bits per heavy atom. The Morgan fingerprint density at radius 1 is 0.500 bits per heavy atom. The van der Waals surface area contributed by atoms with E-state index in [2.05, 4.69) is 128 Å². The molecular weight excluding hydrogens is 761 g/mol. The largest absolute Gasteiger partial charge is 0.377 e. The first kappa shape index (κ1) is 41.3. The Kier molecular flexibility index (Phi) is 10.5. The quantitative estimate of drug-likeness (QED) is 0.0895. The van der Waals surface area contributed by atoms with E-state index >= 15 is 0 Å². The number of nitrogens with one attached hydrogen (secondary N) is 5. The zero-order valence-electron chi connectivity index (χ0n) is 36.8. The number of benzene rings is 3. The van der Waals surface area contributed by atoms with Crippen LogP contribution in [-0.2, 0) is 31.7 Å². The molecule has 0 radical (unpaired) electrons. The SMILES string of the molecule is CCC1(CC)c2ccc([nH]2)C(CC)(CC)c2ccc([nH]2)C(C)(c2cccc(NS(=O)(=O)c3cccc4c(N(C)C)cccc34)c2)c2ccc([nH]2)C(CC)(CC)c2ccc1[nH]2. The summed E-state index contributed by atoms with van der Waals surface area (Å²) >= 11 is 0. The van der Waals surface area contributed by atoms with Crippen molar-refractivity contribution in [3.8, 4) is 0 Å². The average Bonchev–Trinajstić information content (AvgIpc) is 4.11. The molecule has 0 amide bonds. The molecule has 0 atom stereocenters. The van der Waals surface area contributed by atoms with Crippen LogP contribution in [0.4, 0.5) is 11.4 Å². The van der Waals surface area contributed by atoms with Gasteiger partial charge in [-0.3, -0.25) is 4.72 Å². The molecule has 314 valence electrons. The van der Waals surface area contributed by atoms with Crippen LogP contribution in [0.25, 0.3) is 10.8 Å². The van der Waals surface area contributed by atoms with Crippen molar-refractivity contribution in [1.82, 2.24) is 19.9 Å². The van der Waals surface area contributed by atoms with E-state index < -0.39 is 15.4 Å². The molecule has 0 saturated heterocycles. The van der Waals surface area contributed by atoms with Gasteiger partial charge in [-0.05, 0) is 124 Å². The Hall–Kier alpha value is -5.41. The summed E-state index contributed by atoms with van der Waals surface area (Å²) in [7, 11) is -0.0299. The molecule has 5 heterocycles. The summed E-state index contributed by atoms with van der Waals surface area (Å²) in [5.41, 5.74) is 10.2. The van der Waals surface area contributed by atoms with Crippen LogP contribution in [-0.4, -0.2) is 42.4 Å². The van der Waals surface area contributed by atoms with Crippen LogP contribution in [0.3, 0.4) is 0 Å². The number of rotatable bonds is 11. The molecular formula is C51H62N6O2S. The summed E-state index contributed by atoms with van der Waals surface area (Å²) in [5, 5.41) is 1.56. The van der Waals surface area contributed by atoms with Gasteiger partial charge in [0, 0.05) is 98.0 Å². The molecule has 9 heteroatoms. The fraction of sp³-hybridized carbons (Fsp3) is 0.373. The highest BCUT2D eigenvalue weighted by atomic mass is 32.2. The predicted molar refractivity (Wildman–Crippen MR) is 248 cm³/mol. The second-order valence-electron chi connectivity index (χ2n) is 17.3. The molecule has 3 aromatic carbocycles. The maximum absolute atomic E-state index is 14.3. The number of nitrogens with zero attached hydrogens (tertiary/aromatic N) is 1. The lowest BCUT2D eigenvalue weighted by molar-refractivity contribution is 0.424. The third-order valence-electron chi connectivity index (χ3n) is 14.9. The van der Waals surface area contributed by atoms with Gasteiger partial charge in [0.1, 0.15) is 0 Å². The van der Waals surface area contributed by atoms with Crippen LogP contribution in [0.2, 0.25) is 0 Å². The Balaban J connectivity index is 1.32. The fourth-order valence-corrected chi connectivity index (χ4v) is 12.0. The Bertz CT molecular complexity index is 2650. The second-order valence-corrected chi connectivity index (χ2v) is 19.0. The van der Waals surface area contributed by atoms with Crippen molar-refractivity contribution in [3.05, 3.63) is 160 Å². The normalized spacial score (nSPS) is 16.5. The number of anilines is 2. The molecule has 1 aliphatic heterocycles. The topological polar surface area (TPSA) is 113 Å². The smallest absolute Gasteiger partial charge is 0.262 e. The molecule has 0 aliphatic carbocycles. The van der Waals surface area contributed by atoms with Gasteiger partial charge in [0.25, 0.3) is 10.0 Å². The van der Waals surface area contributed by atoms with E-state index in [1.165, 1.54) is 22.8 Å². The first-order valence-corrected chi connectivity index (χ1v) is 23.4. The molecule has 8 rings (SSSR count). The van der Waals surface area contributed by atoms with E-state index in [4.69, 9.17) is 0 Å². The van der Waals surface area contributed by atoms with E-state index in [1.807, 2.05) is 67.5 Å². The minimum absolute atomic E-state index is 0.191. The highest BCUT2D eigenvalue weighted by Gasteiger charge is 2.43. The van der Waals surface area contributed by atoms with E-state index in [1.54, 1.807) is 6.07 Å². The maximum atomic E-state index is 14.3. The monoisotopic (exact) mass is 822 g/mol. The number of fused-ring (bicyclic) bond motifs is 9. The van der Waals surface area contributed by atoms with Gasteiger partial charge < -0.3 is 24.8 Å². The van der Waals surface area contributed by atoms with Gasteiger partial charge >= 0.3 is 0 Å². The molecule has 7 aromatic rings. The van der Waals surface area contributed by atoms with Gasteiger partial charge in [-0.25, -0.2) is 8.42 Å². The number of aromatic amines is 4. The Morgan fingerprint density at radius 3 is 1.32 bits per heavy atom. The number of aromatic nitrogens is 4.